The van der Waals surface area contributed by atoms with Gasteiger partial charge in [-0.1, -0.05) is 0 Å². The average molecular weight is 284 g/mol. The molecule has 0 atom stereocenters. The standard InChI is InChI=1S/C13H13NO2S.ClH/c1-9-2-7-12(17-9)8-14-11-5-3-10(4-6-11)13(15)16;/h2-7,14H,8H2,1H3,(H,15,16);1H. The van der Waals surface area contributed by atoms with E-state index in [0.717, 1.165) is 12.2 Å². The van der Waals surface area contributed by atoms with E-state index in [4.69, 9.17) is 5.11 Å². The Morgan fingerprint density at radius 1 is 1.22 bits per heavy atom. The van der Waals surface area contributed by atoms with Crippen LogP contribution in [0.25, 0.3) is 0 Å². The lowest BCUT2D eigenvalue weighted by Crippen LogP contribution is -1.99. The maximum atomic E-state index is 10.7. The van der Waals surface area contributed by atoms with Crippen molar-refractivity contribution in [3.63, 3.8) is 0 Å². The second kappa shape index (κ2) is 6.42. The molecule has 0 saturated carbocycles. The fourth-order valence-corrected chi connectivity index (χ4v) is 2.33. The molecule has 5 heteroatoms. The summed E-state index contributed by atoms with van der Waals surface area (Å²) in [5, 5.41) is 12.0. The smallest absolute Gasteiger partial charge is 0.335 e. The van der Waals surface area contributed by atoms with Gasteiger partial charge in [0.1, 0.15) is 0 Å². The van der Waals surface area contributed by atoms with Crippen molar-refractivity contribution in [2.24, 2.45) is 0 Å². The minimum absolute atomic E-state index is 0. The topological polar surface area (TPSA) is 49.3 Å². The molecule has 3 nitrogen and oxygen atoms in total. The second-order valence-electron chi connectivity index (χ2n) is 3.75. The highest BCUT2D eigenvalue weighted by Crippen LogP contribution is 2.17. The molecule has 0 aliphatic rings. The van der Waals surface area contributed by atoms with Crippen LogP contribution >= 0.6 is 23.7 Å². The van der Waals surface area contributed by atoms with Gasteiger partial charge in [-0.3, -0.25) is 0 Å². The Balaban J connectivity index is 0.00000162. The Kier molecular flexibility index (Phi) is 5.19. The zero-order chi connectivity index (χ0) is 12.3. The molecule has 2 rings (SSSR count). The predicted octanol–water partition coefficient (Wildman–Crippen LogP) is 3.79. The van der Waals surface area contributed by atoms with Crippen molar-refractivity contribution in [1.29, 1.82) is 0 Å². The number of hydrogen-bond acceptors (Lipinski definition) is 3. The fourth-order valence-electron chi connectivity index (χ4n) is 1.50. The molecule has 0 aliphatic heterocycles. The molecular formula is C13H14ClNO2S. The maximum Gasteiger partial charge on any atom is 0.335 e. The van der Waals surface area contributed by atoms with E-state index in [1.165, 1.54) is 9.75 Å². The number of anilines is 1. The summed E-state index contributed by atoms with van der Waals surface area (Å²) in [4.78, 5) is 13.2. The van der Waals surface area contributed by atoms with Crippen LogP contribution in [0.1, 0.15) is 20.1 Å². The number of carbonyl (C=O) groups is 1. The summed E-state index contributed by atoms with van der Waals surface area (Å²) in [6.45, 7) is 2.85. The van der Waals surface area contributed by atoms with E-state index in [0.29, 0.717) is 5.56 Å². The number of aryl methyl sites for hydroxylation is 1. The van der Waals surface area contributed by atoms with E-state index >= 15 is 0 Å². The molecule has 1 aromatic heterocycles. The van der Waals surface area contributed by atoms with E-state index in [-0.39, 0.29) is 12.4 Å². The number of thiophene rings is 1. The van der Waals surface area contributed by atoms with Crippen molar-refractivity contribution in [1.82, 2.24) is 0 Å². The van der Waals surface area contributed by atoms with Crippen molar-refractivity contribution in [3.05, 3.63) is 51.7 Å². The van der Waals surface area contributed by atoms with Gasteiger partial charge in [-0.2, -0.15) is 0 Å². The summed E-state index contributed by atoms with van der Waals surface area (Å²) in [6, 6.07) is 11.0. The third kappa shape index (κ3) is 3.75. The summed E-state index contributed by atoms with van der Waals surface area (Å²) in [7, 11) is 0. The first-order chi connectivity index (χ1) is 8.15. The third-order valence-electron chi connectivity index (χ3n) is 2.39. The number of nitrogens with one attached hydrogen (secondary N) is 1. The van der Waals surface area contributed by atoms with E-state index < -0.39 is 5.97 Å². The van der Waals surface area contributed by atoms with Gasteiger partial charge >= 0.3 is 5.97 Å². The van der Waals surface area contributed by atoms with Gasteiger partial charge in [0.15, 0.2) is 0 Å². The van der Waals surface area contributed by atoms with Crippen LogP contribution in [-0.4, -0.2) is 11.1 Å². The molecule has 0 saturated heterocycles. The second-order valence-corrected chi connectivity index (χ2v) is 5.12. The first-order valence-electron chi connectivity index (χ1n) is 5.28. The number of halogens is 1. The van der Waals surface area contributed by atoms with Crippen molar-refractivity contribution in [2.45, 2.75) is 13.5 Å². The number of benzene rings is 1. The number of carboxylic acids is 1. The Morgan fingerprint density at radius 2 is 1.89 bits per heavy atom. The van der Waals surface area contributed by atoms with Crippen LogP contribution < -0.4 is 5.32 Å². The van der Waals surface area contributed by atoms with Gasteiger partial charge in [-0.15, -0.1) is 23.7 Å². The SMILES string of the molecule is Cc1ccc(CNc2ccc(C(=O)O)cc2)s1.Cl. The third-order valence-corrected chi connectivity index (χ3v) is 3.40. The number of hydrogen-bond donors (Lipinski definition) is 2. The van der Waals surface area contributed by atoms with E-state index in [9.17, 15) is 4.79 Å². The molecule has 18 heavy (non-hydrogen) atoms. The van der Waals surface area contributed by atoms with Gasteiger partial charge in [0, 0.05) is 22.0 Å². The van der Waals surface area contributed by atoms with Gasteiger partial charge in [-0.25, -0.2) is 4.79 Å². The first-order valence-corrected chi connectivity index (χ1v) is 6.09. The number of carboxylic acid groups (broad SMARTS) is 1. The zero-order valence-electron chi connectivity index (χ0n) is 9.84. The molecule has 96 valence electrons. The Morgan fingerprint density at radius 3 is 2.39 bits per heavy atom. The molecule has 0 fully saturated rings. The molecule has 0 spiro atoms. The Hall–Kier alpha value is -1.52. The van der Waals surface area contributed by atoms with Gasteiger partial charge in [0.2, 0.25) is 0 Å². The quantitative estimate of drug-likeness (QED) is 0.897. The molecular weight excluding hydrogens is 270 g/mol. The van der Waals surface area contributed by atoms with E-state index in [1.807, 2.05) is 0 Å². The first kappa shape index (κ1) is 14.5. The van der Waals surface area contributed by atoms with E-state index in [2.05, 4.69) is 24.4 Å². The van der Waals surface area contributed by atoms with Crippen LogP contribution in [0.3, 0.4) is 0 Å². The lowest BCUT2D eigenvalue weighted by atomic mass is 10.2. The zero-order valence-corrected chi connectivity index (χ0v) is 11.5. The Labute approximate surface area is 116 Å². The van der Waals surface area contributed by atoms with Gasteiger partial charge < -0.3 is 10.4 Å². The van der Waals surface area contributed by atoms with Crippen molar-refractivity contribution in [3.8, 4) is 0 Å². The molecule has 0 bridgehead atoms. The van der Waals surface area contributed by atoms with Crippen LogP contribution in [0.5, 0.6) is 0 Å². The molecule has 2 aromatic rings. The lowest BCUT2D eigenvalue weighted by molar-refractivity contribution is 0.0697. The minimum atomic E-state index is -0.898. The van der Waals surface area contributed by atoms with Gasteiger partial charge in [0.25, 0.3) is 0 Å². The fraction of sp³-hybridized carbons (Fsp3) is 0.154. The highest BCUT2D eigenvalue weighted by Gasteiger charge is 2.01. The molecule has 0 amide bonds. The number of rotatable bonds is 4. The molecule has 1 aromatic carbocycles. The van der Waals surface area contributed by atoms with Crippen LogP contribution in [0, 0.1) is 6.92 Å². The van der Waals surface area contributed by atoms with Crippen molar-refractivity contribution >= 4 is 35.4 Å². The van der Waals surface area contributed by atoms with Crippen LogP contribution in [0.4, 0.5) is 5.69 Å². The highest BCUT2D eigenvalue weighted by atomic mass is 35.5. The van der Waals surface area contributed by atoms with Crippen LogP contribution in [0.15, 0.2) is 36.4 Å². The summed E-state index contributed by atoms with van der Waals surface area (Å²) in [5.41, 5.74) is 1.24. The summed E-state index contributed by atoms with van der Waals surface area (Å²) in [5.74, 6) is -0.898. The molecule has 2 N–H and O–H groups in total. The summed E-state index contributed by atoms with van der Waals surface area (Å²) < 4.78 is 0. The molecule has 0 aliphatic carbocycles. The van der Waals surface area contributed by atoms with Crippen molar-refractivity contribution in [2.75, 3.05) is 5.32 Å². The summed E-state index contributed by atoms with van der Waals surface area (Å²) >= 11 is 1.76. The molecule has 0 unspecified atom stereocenters. The average Bonchev–Trinajstić information content (AvgIpc) is 2.73. The normalized spacial score (nSPS) is 9.61. The van der Waals surface area contributed by atoms with Gasteiger partial charge in [0.05, 0.1) is 5.56 Å². The monoisotopic (exact) mass is 283 g/mol. The lowest BCUT2D eigenvalue weighted by Gasteiger charge is -2.04. The van der Waals surface area contributed by atoms with Crippen LogP contribution in [-0.2, 0) is 6.54 Å². The van der Waals surface area contributed by atoms with Gasteiger partial charge in [-0.05, 0) is 43.3 Å². The Bertz CT molecular complexity index is 522. The number of aromatic carboxylic acids is 1. The minimum Gasteiger partial charge on any atom is -0.478 e. The molecule has 1 heterocycles. The highest BCUT2D eigenvalue weighted by molar-refractivity contribution is 7.11. The predicted molar refractivity (Wildman–Crippen MR) is 77.0 cm³/mol. The van der Waals surface area contributed by atoms with E-state index in [1.54, 1.807) is 35.6 Å². The van der Waals surface area contributed by atoms with Crippen LogP contribution in [0.2, 0.25) is 0 Å². The molecule has 0 radical (unpaired) electrons. The largest absolute Gasteiger partial charge is 0.478 e. The maximum absolute atomic E-state index is 10.7. The summed E-state index contributed by atoms with van der Waals surface area (Å²) in [6.07, 6.45) is 0. The van der Waals surface area contributed by atoms with Crippen molar-refractivity contribution < 1.29 is 9.90 Å².